The summed E-state index contributed by atoms with van der Waals surface area (Å²) in [6, 6.07) is 117. The average Bonchev–Trinajstić information content (AvgIpc) is 0.771. The van der Waals surface area contributed by atoms with Gasteiger partial charge in [0, 0.05) is 0 Å². The minimum Gasteiger partial charge on any atom is -0.490 e. The molecule has 0 aliphatic heterocycles. The van der Waals surface area contributed by atoms with E-state index in [2.05, 4.69) is 316 Å². The summed E-state index contributed by atoms with van der Waals surface area (Å²) in [5.74, 6) is -3.20. The van der Waals surface area contributed by atoms with E-state index in [1.807, 2.05) is 122 Å². The van der Waals surface area contributed by atoms with Crippen molar-refractivity contribution in [3.8, 4) is 45.6 Å². The average molecular weight is 1970 g/mol. The fourth-order valence-corrected chi connectivity index (χ4v) is 17.3. The maximum atomic E-state index is 13.7. The molecule has 1 saturated carbocycles. The van der Waals surface area contributed by atoms with Crippen molar-refractivity contribution in [3.05, 3.63) is 452 Å². The molecule has 0 spiro atoms. The molecule has 762 valence electrons. The Morgan fingerprint density at radius 3 is 1.16 bits per heavy atom. The molecule has 1 aliphatic carbocycles. The molecular formula is C133H147F5O8. The van der Waals surface area contributed by atoms with Gasteiger partial charge in [-0.1, -0.05) is 383 Å². The molecule has 16 aromatic rings. The van der Waals surface area contributed by atoms with E-state index in [-0.39, 0.29) is 24.6 Å². The fraction of sp³-hybridized carbons (Fsp3) is 0.316. The SMILES string of the molecule is CCC(C)c1ccc(C(=O)OCCOc2ccc(C)cc2)cc1.CCC(C)c1ccc(COc2ccc(-c3ccccc3)cc2)cc1.CCC(C)c1ccc(COc2ccc(C3CCCCC3)cc2)cc1.CCC(C)c1ccc(COc2ccccc2)c2ccccc12.CCC(C)c1ccc2cc(COc3c(F)c(F)c(F)c(F)c3F)ccc2c1.CCC(C)c1ccc2cc(COc3ccc(C(C)(C)C)cc3)ccc2c1. The van der Waals surface area contributed by atoms with Gasteiger partial charge in [0.15, 0.2) is 5.75 Å². The number of esters is 1. The molecule has 6 atom stereocenters. The van der Waals surface area contributed by atoms with Crippen LogP contribution in [0.1, 0.15) is 304 Å². The zero-order valence-electron chi connectivity index (χ0n) is 88.3. The molecule has 13 heteroatoms. The maximum absolute atomic E-state index is 13.7. The second-order valence-corrected chi connectivity index (χ2v) is 39.7. The Morgan fingerprint density at radius 1 is 0.315 bits per heavy atom. The van der Waals surface area contributed by atoms with Crippen LogP contribution >= 0.6 is 0 Å². The van der Waals surface area contributed by atoms with Crippen molar-refractivity contribution in [1.29, 1.82) is 0 Å². The van der Waals surface area contributed by atoms with E-state index in [4.69, 9.17) is 33.2 Å². The highest BCUT2D eigenvalue weighted by Gasteiger charge is 2.28. The predicted molar refractivity (Wildman–Crippen MR) is 594 cm³/mol. The number of fused-ring (bicyclic) bond motifs is 3. The number of carbonyl (C=O) groups is 1. The number of para-hydroxylation sites is 1. The topological polar surface area (TPSA) is 81.7 Å². The lowest BCUT2D eigenvalue weighted by Gasteiger charge is -2.22. The monoisotopic (exact) mass is 1970 g/mol. The van der Waals surface area contributed by atoms with Gasteiger partial charge < -0.3 is 33.2 Å². The smallest absolute Gasteiger partial charge is 0.338 e. The second kappa shape index (κ2) is 56.1. The zero-order chi connectivity index (χ0) is 104. The van der Waals surface area contributed by atoms with Gasteiger partial charge in [-0.05, 0) is 306 Å². The Balaban J connectivity index is 0.000000156. The van der Waals surface area contributed by atoms with Crippen molar-refractivity contribution in [2.45, 2.75) is 261 Å². The van der Waals surface area contributed by atoms with Gasteiger partial charge in [-0.2, -0.15) is 8.78 Å². The molecule has 0 radical (unpaired) electrons. The Morgan fingerprint density at radius 2 is 0.678 bits per heavy atom. The fourth-order valence-electron chi connectivity index (χ4n) is 17.3. The van der Waals surface area contributed by atoms with E-state index in [9.17, 15) is 26.7 Å². The third-order valence-electron chi connectivity index (χ3n) is 28.2. The van der Waals surface area contributed by atoms with E-state index in [1.165, 1.54) is 156 Å². The van der Waals surface area contributed by atoms with Gasteiger partial charge in [0.1, 0.15) is 75.0 Å². The number of benzene rings is 16. The Hall–Kier alpha value is -13.8. The van der Waals surface area contributed by atoms with Gasteiger partial charge in [-0.25, -0.2) is 18.0 Å². The molecule has 6 unspecified atom stereocenters. The molecular weight excluding hydrogens is 1820 g/mol. The predicted octanol–water partition coefficient (Wildman–Crippen LogP) is 37.8. The Kier molecular flexibility index (Phi) is 42.6. The molecule has 0 N–H and O–H groups in total. The first kappa shape index (κ1) is 111. The summed E-state index contributed by atoms with van der Waals surface area (Å²) in [6.45, 7) is 38.0. The first-order chi connectivity index (χ1) is 70.6. The highest BCUT2D eigenvalue weighted by Crippen LogP contribution is 2.38. The summed E-state index contributed by atoms with van der Waals surface area (Å²) in [5, 5.41) is 7.12. The van der Waals surface area contributed by atoms with E-state index >= 15 is 0 Å². The van der Waals surface area contributed by atoms with Crippen LogP contribution in [0.5, 0.6) is 34.5 Å². The highest BCUT2D eigenvalue weighted by atomic mass is 19.2. The first-order valence-corrected chi connectivity index (χ1v) is 52.4. The van der Waals surface area contributed by atoms with Crippen LogP contribution in [-0.4, -0.2) is 19.2 Å². The normalized spacial score (nSPS) is 13.0. The number of hydrogen-bond acceptors (Lipinski definition) is 8. The lowest BCUT2D eigenvalue weighted by molar-refractivity contribution is 0.0450. The highest BCUT2D eigenvalue weighted by molar-refractivity contribution is 5.90. The molecule has 0 aromatic heterocycles. The molecule has 16 aromatic carbocycles. The minimum atomic E-state index is -2.21. The largest absolute Gasteiger partial charge is 0.490 e. The molecule has 146 heavy (non-hydrogen) atoms. The van der Waals surface area contributed by atoms with Gasteiger partial charge >= 0.3 is 5.97 Å². The van der Waals surface area contributed by atoms with Gasteiger partial charge in [0.05, 0.1) is 5.56 Å². The van der Waals surface area contributed by atoms with Gasteiger partial charge in [-0.3, -0.25) is 0 Å². The first-order valence-electron chi connectivity index (χ1n) is 52.4. The zero-order valence-corrected chi connectivity index (χ0v) is 88.3. The van der Waals surface area contributed by atoms with Crippen molar-refractivity contribution in [2.24, 2.45) is 0 Å². The third-order valence-corrected chi connectivity index (χ3v) is 28.2. The minimum absolute atomic E-state index is 0.172. The molecule has 1 aliphatic rings. The lowest BCUT2D eigenvalue weighted by Crippen LogP contribution is -2.12. The summed E-state index contributed by atoms with van der Waals surface area (Å²) < 4.78 is 106. The van der Waals surface area contributed by atoms with Crippen LogP contribution in [0.15, 0.2) is 340 Å². The molecule has 0 bridgehead atoms. The molecule has 1 fully saturated rings. The summed E-state index contributed by atoms with van der Waals surface area (Å²) in [7, 11) is 0. The van der Waals surface area contributed by atoms with Crippen LogP contribution < -0.4 is 28.4 Å². The lowest BCUT2D eigenvalue weighted by atomic mass is 9.84. The van der Waals surface area contributed by atoms with Gasteiger partial charge in [0.25, 0.3) is 0 Å². The Labute approximate surface area is 865 Å². The number of aryl methyl sites for hydroxylation is 1. The Bertz CT molecular complexity index is 6650. The van der Waals surface area contributed by atoms with Crippen LogP contribution in [0.2, 0.25) is 0 Å². The molecule has 0 amide bonds. The summed E-state index contributed by atoms with van der Waals surface area (Å²) in [4.78, 5) is 12.0. The van der Waals surface area contributed by atoms with Crippen molar-refractivity contribution in [2.75, 3.05) is 13.2 Å². The summed E-state index contributed by atoms with van der Waals surface area (Å²) >= 11 is 0. The number of ether oxygens (including phenoxy) is 7. The van der Waals surface area contributed by atoms with Crippen LogP contribution in [0, 0.1) is 36.0 Å². The summed E-state index contributed by atoms with van der Waals surface area (Å²) in [6.07, 6.45) is 13.7. The number of rotatable bonds is 34. The van der Waals surface area contributed by atoms with Crippen LogP contribution in [-0.2, 0) is 43.2 Å². The van der Waals surface area contributed by atoms with Crippen molar-refractivity contribution >= 4 is 38.3 Å². The van der Waals surface area contributed by atoms with Crippen LogP contribution in [0.3, 0.4) is 0 Å². The van der Waals surface area contributed by atoms with Crippen molar-refractivity contribution in [1.82, 2.24) is 0 Å². The van der Waals surface area contributed by atoms with E-state index in [0.29, 0.717) is 79.7 Å². The van der Waals surface area contributed by atoms with Gasteiger partial charge in [-0.15, -0.1) is 0 Å². The third kappa shape index (κ3) is 32.6. The van der Waals surface area contributed by atoms with E-state index < -0.39 is 34.8 Å². The summed E-state index contributed by atoms with van der Waals surface area (Å²) in [5.41, 5.74) is 20.7. The molecule has 0 saturated heterocycles. The quantitative estimate of drug-likeness (QED) is 0.0130. The number of carbonyl (C=O) groups excluding carboxylic acids is 1. The number of hydrogen-bond donors (Lipinski definition) is 0. The van der Waals surface area contributed by atoms with E-state index in [0.717, 1.165) is 64.7 Å². The molecule has 8 nitrogen and oxygen atoms in total. The van der Waals surface area contributed by atoms with E-state index in [1.54, 1.807) is 12.1 Å². The van der Waals surface area contributed by atoms with Crippen LogP contribution in [0.25, 0.3) is 43.4 Å². The number of halogens is 5. The van der Waals surface area contributed by atoms with Crippen molar-refractivity contribution < 1.29 is 59.9 Å². The van der Waals surface area contributed by atoms with Crippen LogP contribution in [0.4, 0.5) is 22.0 Å². The van der Waals surface area contributed by atoms with Crippen molar-refractivity contribution in [3.63, 3.8) is 0 Å². The van der Waals surface area contributed by atoms with Gasteiger partial charge in [0.2, 0.25) is 29.1 Å². The second-order valence-electron chi connectivity index (χ2n) is 39.7. The maximum Gasteiger partial charge on any atom is 0.338 e. The standard InChI is InChI=1S/C25H30O.C23H30O.C23H24O.C21H17F5O.C21H22O.C20H24O3/c1-6-18(2)20-9-10-21-15-19(7-8-22(21)16-20)17-26-24-13-11-23(12-14-24)25(3,4)5;2*1-3-18(2)20-11-9-19(10-12-20)17-24-23-15-13-22(14-16-23)21-7-5-4-6-8-21;1-3-11(2)13-6-7-14-8-12(4-5-15(14)9-13)10-27-21-19(25)17(23)16(22)18(24)20(21)26;1-3-16(2)19-14-13-17(20-11-7-8-12-21(19)20)15-22-18-9-5-4-6-10-18;1-4-16(3)17-7-9-18(10-8-17)20(21)23-14-13-22-19-11-5-15(2)6-12-19/h7-16,18H,6,17H2,1-5H3;9-16,18,21H,3-8,17H2,1-2H3;4-16,18H,3,17H2,1-2H3;4-9,11H,3,10H2,1-2H3;4-14,16H,3,15H2,1-2H3;5-12,16H,4,13-14H2,1-3H3. The molecule has 0 heterocycles. The molecule has 17 rings (SSSR count).